The molecular weight excluding hydrogens is 294 g/mol. The Morgan fingerprint density at radius 1 is 1.29 bits per heavy atom. The molecule has 0 spiro atoms. The van der Waals surface area contributed by atoms with Gasteiger partial charge in [-0.1, -0.05) is 30.3 Å². The first-order valence-electron chi connectivity index (χ1n) is 6.38. The van der Waals surface area contributed by atoms with E-state index >= 15 is 0 Å². The van der Waals surface area contributed by atoms with E-state index < -0.39 is 28.9 Å². The van der Waals surface area contributed by atoms with Crippen LogP contribution >= 0.6 is 0 Å². The Morgan fingerprint density at radius 3 is 2.52 bits per heavy atom. The maximum atomic E-state index is 11.7. The van der Waals surface area contributed by atoms with Gasteiger partial charge in [-0.2, -0.15) is 0 Å². The number of rotatable bonds is 7. The number of benzene rings is 1. The lowest BCUT2D eigenvalue weighted by Crippen LogP contribution is -2.42. The van der Waals surface area contributed by atoms with Crippen LogP contribution in [0, 0.1) is 0 Å². The molecule has 21 heavy (non-hydrogen) atoms. The number of nitrogens with one attached hydrogen (secondary N) is 1. The van der Waals surface area contributed by atoms with Crippen molar-refractivity contribution >= 4 is 22.9 Å². The molecule has 116 valence electrons. The summed E-state index contributed by atoms with van der Waals surface area (Å²) >= 11 is 0. The van der Waals surface area contributed by atoms with Gasteiger partial charge in [0.25, 0.3) is 0 Å². The van der Waals surface area contributed by atoms with Gasteiger partial charge < -0.3 is 14.8 Å². The summed E-state index contributed by atoms with van der Waals surface area (Å²) < 4.78 is 20.7. The molecule has 6 nitrogen and oxygen atoms in total. The Bertz CT molecular complexity index is 491. The van der Waals surface area contributed by atoms with Gasteiger partial charge in [-0.15, -0.1) is 0 Å². The largest absolute Gasteiger partial charge is 0.467 e. The van der Waals surface area contributed by atoms with Crippen molar-refractivity contribution in [2.75, 3.05) is 19.1 Å². The second kappa shape index (κ2) is 9.12. The zero-order chi connectivity index (χ0) is 15.7. The van der Waals surface area contributed by atoms with Crippen molar-refractivity contribution in [2.24, 2.45) is 0 Å². The third kappa shape index (κ3) is 6.89. The summed E-state index contributed by atoms with van der Waals surface area (Å²) in [6.07, 6.45) is 1.05. The van der Waals surface area contributed by atoms with Crippen molar-refractivity contribution in [1.82, 2.24) is 5.32 Å². The molecule has 0 radical (unpaired) electrons. The van der Waals surface area contributed by atoms with Gasteiger partial charge >= 0.3 is 12.1 Å². The zero-order valence-electron chi connectivity index (χ0n) is 12.0. The number of hydrogen-bond acceptors (Lipinski definition) is 5. The van der Waals surface area contributed by atoms with E-state index in [2.05, 4.69) is 10.1 Å². The second-order valence-electron chi connectivity index (χ2n) is 4.35. The van der Waals surface area contributed by atoms with E-state index in [1.165, 1.54) is 13.4 Å². The molecule has 0 aliphatic rings. The third-order valence-corrected chi connectivity index (χ3v) is 3.50. The van der Waals surface area contributed by atoms with Crippen LogP contribution in [-0.4, -0.2) is 41.4 Å². The predicted molar refractivity (Wildman–Crippen MR) is 79.1 cm³/mol. The minimum absolute atomic E-state index is 0.111. The Hall–Kier alpha value is -1.89. The van der Waals surface area contributed by atoms with Crippen molar-refractivity contribution in [2.45, 2.75) is 19.1 Å². The lowest BCUT2D eigenvalue weighted by molar-refractivity contribution is -0.143. The summed E-state index contributed by atoms with van der Waals surface area (Å²) in [7, 11) is 0.179. The van der Waals surface area contributed by atoms with Gasteiger partial charge in [0.05, 0.1) is 7.11 Å². The van der Waals surface area contributed by atoms with Crippen LogP contribution in [0.25, 0.3) is 0 Å². The van der Waals surface area contributed by atoms with Crippen LogP contribution < -0.4 is 5.32 Å². The number of carbonyl (C=O) groups is 2. The number of methoxy groups -OCH3 is 1. The zero-order valence-corrected chi connectivity index (χ0v) is 12.9. The highest BCUT2D eigenvalue weighted by Gasteiger charge is 2.22. The van der Waals surface area contributed by atoms with Crippen LogP contribution in [0.3, 0.4) is 0 Å². The smallest absolute Gasteiger partial charge is 0.408 e. The molecular formula is C14H19NO5S. The van der Waals surface area contributed by atoms with Gasteiger partial charge in [0.2, 0.25) is 0 Å². The van der Waals surface area contributed by atoms with Crippen molar-refractivity contribution < 1.29 is 23.3 Å². The molecule has 1 aromatic rings. The number of alkyl carbamates (subject to hydrolysis) is 1. The summed E-state index contributed by atoms with van der Waals surface area (Å²) in [5.74, 6) is -0.296. The number of hydrogen-bond donors (Lipinski definition) is 1. The fourth-order valence-electron chi connectivity index (χ4n) is 1.58. The van der Waals surface area contributed by atoms with Gasteiger partial charge in [-0.25, -0.2) is 9.59 Å². The number of esters is 1. The molecule has 0 bridgehead atoms. The molecule has 0 saturated heterocycles. The second-order valence-corrected chi connectivity index (χ2v) is 5.90. The normalized spacial score (nSPS) is 13.0. The SMILES string of the molecule is COC(=O)[C@H](CCS(C)=O)NC(=O)OCc1ccccc1. The summed E-state index contributed by atoms with van der Waals surface area (Å²) in [5, 5.41) is 2.42. The molecule has 0 aromatic heterocycles. The number of carbonyl (C=O) groups excluding carboxylic acids is 2. The van der Waals surface area contributed by atoms with Gasteiger partial charge in [0, 0.05) is 22.8 Å². The highest BCUT2D eigenvalue weighted by atomic mass is 32.2. The fraction of sp³-hybridized carbons (Fsp3) is 0.429. The molecule has 0 fully saturated rings. The minimum atomic E-state index is -1.05. The Labute approximate surface area is 126 Å². The molecule has 1 amide bonds. The maximum absolute atomic E-state index is 11.7. The molecule has 0 aliphatic carbocycles. The van der Waals surface area contributed by atoms with Crippen LogP contribution in [0.2, 0.25) is 0 Å². The average molecular weight is 313 g/mol. The highest BCUT2D eigenvalue weighted by Crippen LogP contribution is 2.02. The monoisotopic (exact) mass is 313 g/mol. The predicted octanol–water partition coefficient (Wildman–Crippen LogP) is 1.22. The molecule has 2 atom stereocenters. The summed E-state index contributed by atoms with van der Waals surface area (Å²) in [5.41, 5.74) is 0.844. The van der Waals surface area contributed by atoms with Gasteiger partial charge in [-0.05, 0) is 12.0 Å². The van der Waals surface area contributed by atoms with Gasteiger partial charge in [0.15, 0.2) is 0 Å². The average Bonchev–Trinajstić information content (AvgIpc) is 2.49. The van der Waals surface area contributed by atoms with E-state index in [0.717, 1.165) is 5.56 Å². The summed E-state index contributed by atoms with van der Waals surface area (Å²) in [4.78, 5) is 23.2. The number of ether oxygens (including phenoxy) is 2. The van der Waals surface area contributed by atoms with Crippen molar-refractivity contribution in [3.8, 4) is 0 Å². The van der Waals surface area contributed by atoms with Crippen molar-refractivity contribution in [3.05, 3.63) is 35.9 Å². The molecule has 0 heterocycles. The van der Waals surface area contributed by atoms with E-state index in [4.69, 9.17) is 4.74 Å². The van der Waals surface area contributed by atoms with Crippen LogP contribution in [0.15, 0.2) is 30.3 Å². The topological polar surface area (TPSA) is 81.7 Å². The fourth-order valence-corrected chi connectivity index (χ4v) is 2.15. The highest BCUT2D eigenvalue weighted by molar-refractivity contribution is 7.84. The molecule has 1 unspecified atom stereocenters. The first-order valence-corrected chi connectivity index (χ1v) is 8.10. The van der Waals surface area contributed by atoms with Crippen molar-refractivity contribution in [3.63, 3.8) is 0 Å². The van der Waals surface area contributed by atoms with Crippen LogP contribution in [-0.2, 0) is 31.7 Å². The lowest BCUT2D eigenvalue weighted by Gasteiger charge is -2.15. The first kappa shape index (κ1) is 17.2. The van der Waals surface area contributed by atoms with E-state index in [-0.39, 0.29) is 13.0 Å². The van der Waals surface area contributed by atoms with Gasteiger partial charge in [0.1, 0.15) is 12.6 Å². The van der Waals surface area contributed by atoms with Crippen molar-refractivity contribution in [1.29, 1.82) is 0 Å². The maximum Gasteiger partial charge on any atom is 0.408 e. The van der Waals surface area contributed by atoms with E-state index in [0.29, 0.717) is 5.75 Å². The molecule has 0 aliphatic heterocycles. The van der Waals surface area contributed by atoms with E-state index in [1.807, 2.05) is 30.3 Å². The lowest BCUT2D eigenvalue weighted by atomic mass is 10.2. The molecule has 1 rings (SSSR count). The molecule has 1 N–H and O–H groups in total. The summed E-state index contributed by atoms with van der Waals surface area (Å²) in [6, 6.07) is 8.33. The van der Waals surface area contributed by atoms with Crippen LogP contribution in [0.5, 0.6) is 0 Å². The Kier molecular flexibility index (Phi) is 7.45. The first-order chi connectivity index (χ1) is 10.0. The molecule has 1 aromatic carbocycles. The van der Waals surface area contributed by atoms with E-state index in [1.54, 1.807) is 0 Å². The molecule has 7 heteroatoms. The molecule has 0 saturated carbocycles. The summed E-state index contributed by atoms with van der Waals surface area (Å²) in [6.45, 7) is 0.111. The third-order valence-electron chi connectivity index (χ3n) is 2.68. The Balaban J connectivity index is 2.47. The van der Waals surface area contributed by atoms with Crippen LogP contribution in [0.1, 0.15) is 12.0 Å². The van der Waals surface area contributed by atoms with E-state index in [9.17, 15) is 13.8 Å². The number of amides is 1. The standard InChI is InChI=1S/C14H19NO5S/c1-19-13(16)12(8-9-21(2)18)15-14(17)20-10-11-6-4-3-5-7-11/h3-7,12H,8-10H2,1-2H3,(H,15,17)/t12-,21?/m0/s1. The minimum Gasteiger partial charge on any atom is -0.467 e. The quantitative estimate of drug-likeness (QED) is 0.766. The Morgan fingerprint density at radius 2 is 1.95 bits per heavy atom. The van der Waals surface area contributed by atoms with Gasteiger partial charge in [-0.3, -0.25) is 4.21 Å². The van der Waals surface area contributed by atoms with Crippen LogP contribution in [0.4, 0.5) is 4.79 Å².